The molecule has 1 aromatic rings. The quantitative estimate of drug-likeness (QED) is 0.822. The van der Waals surface area contributed by atoms with Gasteiger partial charge in [0.15, 0.2) is 0 Å². The van der Waals surface area contributed by atoms with Gasteiger partial charge in [0.05, 0.1) is 12.1 Å². The first kappa shape index (κ1) is 16.5. The summed E-state index contributed by atoms with van der Waals surface area (Å²) in [7, 11) is 3.65. The zero-order chi connectivity index (χ0) is 16.3. The predicted octanol–water partition coefficient (Wildman–Crippen LogP) is 0.706. The van der Waals surface area contributed by atoms with Crippen LogP contribution in [-0.4, -0.2) is 72.5 Å². The number of hydrogen-bond acceptors (Lipinski definition) is 5. The van der Waals surface area contributed by atoms with Gasteiger partial charge in [-0.15, -0.1) is 0 Å². The van der Waals surface area contributed by atoms with Crippen LogP contribution in [0.4, 0.5) is 19.1 Å². The molecule has 1 fully saturated rings. The Bertz CT molecular complexity index is 509. The number of halogens is 3. The van der Waals surface area contributed by atoms with Gasteiger partial charge in [-0.05, 0) is 14.1 Å². The van der Waals surface area contributed by atoms with Crippen molar-refractivity contribution in [1.29, 1.82) is 0 Å². The molecule has 1 amide bonds. The van der Waals surface area contributed by atoms with Gasteiger partial charge in [0.2, 0.25) is 11.9 Å². The maximum absolute atomic E-state index is 12.5. The van der Waals surface area contributed by atoms with E-state index in [1.165, 1.54) is 0 Å². The van der Waals surface area contributed by atoms with Crippen molar-refractivity contribution >= 4 is 11.9 Å². The molecule has 0 aliphatic carbocycles. The summed E-state index contributed by atoms with van der Waals surface area (Å²) >= 11 is 0. The number of hydrogen-bond donors (Lipinski definition) is 0. The van der Waals surface area contributed by atoms with Crippen LogP contribution in [0.1, 0.15) is 5.56 Å². The van der Waals surface area contributed by atoms with E-state index in [1.54, 1.807) is 14.7 Å². The number of carbonyl (C=O) groups is 1. The van der Waals surface area contributed by atoms with E-state index in [2.05, 4.69) is 9.97 Å². The zero-order valence-corrected chi connectivity index (χ0v) is 12.5. The Labute approximate surface area is 126 Å². The van der Waals surface area contributed by atoms with Gasteiger partial charge in [0.25, 0.3) is 0 Å². The molecule has 6 nitrogen and oxygen atoms in total. The maximum atomic E-state index is 12.5. The second-order valence-corrected chi connectivity index (χ2v) is 5.38. The molecule has 9 heteroatoms. The highest BCUT2D eigenvalue weighted by Crippen LogP contribution is 2.28. The Morgan fingerprint density at radius 1 is 1.18 bits per heavy atom. The van der Waals surface area contributed by atoms with Crippen LogP contribution in [0.5, 0.6) is 0 Å². The highest BCUT2D eigenvalue weighted by molar-refractivity contribution is 5.78. The van der Waals surface area contributed by atoms with Crippen molar-refractivity contribution in [1.82, 2.24) is 19.8 Å². The highest BCUT2D eigenvalue weighted by atomic mass is 19.4. The molecule has 0 N–H and O–H groups in total. The predicted molar refractivity (Wildman–Crippen MR) is 74.4 cm³/mol. The summed E-state index contributed by atoms with van der Waals surface area (Å²) in [6, 6.07) is 0. The van der Waals surface area contributed by atoms with Crippen molar-refractivity contribution in [2.75, 3.05) is 51.7 Å². The Balaban J connectivity index is 1.93. The fourth-order valence-corrected chi connectivity index (χ4v) is 2.16. The number of amides is 1. The molecule has 122 valence electrons. The Morgan fingerprint density at radius 3 is 2.18 bits per heavy atom. The van der Waals surface area contributed by atoms with Crippen molar-refractivity contribution in [3.63, 3.8) is 0 Å². The number of likely N-dealkylation sites (N-methyl/N-ethyl adjacent to an activating group) is 1. The van der Waals surface area contributed by atoms with Crippen molar-refractivity contribution in [2.24, 2.45) is 0 Å². The third-order valence-electron chi connectivity index (χ3n) is 3.33. The lowest BCUT2D eigenvalue weighted by atomic mass is 10.3. The average molecular weight is 317 g/mol. The van der Waals surface area contributed by atoms with Gasteiger partial charge >= 0.3 is 6.18 Å². The minimum absolute atomic E-state index is 0.0398. The van der Waals surface area contributed by atoms with E-state index in [0.29, 0.717) is 32.7 Å². The molecular weight excluding hydrogens is 299 g/mol. The van der Waals surface area contributed by atoms with E-state index in [4.69, 9.17) is 0 Å². The van der Waals surface area contributed by atoms with Crippen LogP contribution in [0, 0.1) is 0 Å². The van der Waals surface area contributed by atoms with Gasteiger partial charge in [-0.1, -0.05) is 0 Å². The van der Waals surface area contributed by atoms with Crippen molar-refractivity contribution in [2.45, 2.75) is 6.18 Å². The van der Waals surface area contributed by atoms with Crippen LogP contribution in [0.2, 0.25) is 0 Å². The van der Waals surface area contributed by atoms with Crippen molar-refractivity contribution < 1.29 is 18.0 Å². The van der Waals surface area contributed by atoms with Crippen LogP contribution < -0.4 is 4.90 Å². The molecule has 0 unspecified atom stereocenters. The lowest BCUT2D eigenvalue weighted by molar-refractivity contribution is -0.138. The van der Waals surface area contributed by atoms with Gasteiger partial charge in [-0.25, -0.2) is 9.97 Å². The molecule has 22 heavy (non-hydrogen) atoms. The molecule has 0 bridgehead atoms. The second kappa shape index (κ2) is 6.47. The second-order valence-electron chi connectivity index (χ2n) is 5.38. The fourth-order valence-electron chi connectivity index (χ4n) is 2.16. The third-order valence-corrected chi connectivity index (χ3v) is 3.33. The van der Waals surface area contributed by atoms with Crippen LogP contribution >= 0.6 is 0 Å². The molecule has 0 atom stereocenters. The number of carbonyl (C=O) groups excluding carboxylic acids is 1. The van der Waals surface area contributed by atoms with E-state index >= 15 is 0 Å². The molecule has 0 spiro atoms. The third kappa shape index (κ3) is 4.06. The summed E-state index contributed by atoms with van der Waals surface area (Å²) in [5, 5.41) is 0. The summed E-state index contributed by atoms with van der Waals surface area (Å²) < 4.78 is 37.4. The van der Waals surface area contributed by atoms with E-state index in [9.17, 15) is 18.0 Å². The summed E-state index contributed by atoms with van der Waals surface area (Å²) in [6.07, 6.45) is -2.87. The first-order valence-electron chi connectivity index (χ1n) is 6.84. The van der Waals surface area contributed by atoms with Gasteiger partial charge in [0, 0.05) is 38.6 Å². The number of aromatic nitrogens is 2. The van der Waals surface area contributed by atoms with Crippen LogP contribution in [-0.2, 0) is 11.0 Å². The molecule has 1 aliphatic rings. The van der Waals surface area contributed by atoms with Crippen LogP contribution in [0.15, 0.2) is 12.4 Å². The van der Waals surface area contributed by atoms with E-state index < -0.39 is 11.7 Å². The lowest BCUT2D eigenvalue weighted by Crippen LogP contribution is -2.51. The molecule has 1 aliphatic heterocycles. The number of alkyl halides is 3. The van der Waals surface area contributed by atoms with Crippen molar-refractivity contribution in [3.8, 4) is 0 Å². The van der Waals surface area contributed by atoms with Gasteiger partial charge in [-0.2, -0.15) is 13.2 Å². The lowest BCUT2D eigenvalue weighted by Gasteiger charge is -2.35. The van der Waals surface area contributed by atoms with E-state index in [0.717, 1.165) is 12.4 Å². The number of nitrogens with zero attached hydrogens (tertiary/aromatic N) is 5. The molecule has 0 radical (unpaired) electrons. The molecule has 0 saturated carbocycles. The zero-order valence-electron chi connectivity index (χ0n) is 12.5. The number of piperazine rings is 1. The topological polar surface area (TPSA) is 52.6 Å². The number of rotatable bonds is 3. The smallest absolute Gasteiger partial charge is 0.338 e. The molecule has 1 aromatic heterocycles. The minimum Gasteiger partial charge on any atom is -0.338 e. The molecule has 2 rings (SSSR count). The Kier molecular flexibility index (Phi) is 4.84. The van der Waals surface area contributed by atoms with E-state index in [-0.39, 0.29) is 11.9 Å². The normalized spacial score (nSPS) is 16.3. The Morgan fingerprint density at radius 2 is 1.73 bits per heavy atom. The summed E-state index contributed by atoms with van der Waals surface area (Å²) in [5.41, 5.74) is -0.865. The number of anilines is 1. The molecular formula is C13H18F3N5O. The largest absolute Gasteiger partial charge is 0.419 e. The first-order valence-corrected chi connectivity index (χ1v) is 6.84. The van der Waals surface area contributed by atoms with Gasteiger partial charge in [0.1, 0.15) is 0 Å². The first-order chi connectivity index (χ1) is 10.3. The summed E-state index contributed by atoms with van der Waals surface area (Å²) in [4.78, 5) is 24.8. The monoisotopic (exact) mass is 317 g/mol. The Hall–Kier alpha value is -1.90. The maximum Gasteiger partial charge on any atom is 0.419 e. The standard InChI is InChI=1S/C13H18F3N5O/c1-19(2)9-11(22)20-3-5-21(6-4-20)12-17-7-10(8-18-12)13(14,15)16/h7-8H,3-6,9H2,1-2H3. The van der Waals surface area contributed by atoms with Gasteiger partial charge < -0.3 is 14.7 Å². The highest BCUT2D eigenvalue weighted by Gasteiger charge is 2.32. The average Bonchev–Trinajstić information content (AvgIpc) is 2.46. The minimum atomic E-state index is -4.43. The molecule has 1 saturated heterocycles. The van der Waals surface area contributed by atoms with Crippen LogP contribution in [0.25, 0.3) is 0 Å². The molecule has 0 aromatic carbocycles. The van der Waals surface area contributed by atoms with E-state index in [1.807, 2.05) is 14.1 Å². The SMILES string of the molecule is CN(C)CC(=O)N1CCN(c2ncc(C(F)(F)F)cn2)CC1. The van der Waals surface area contributed by atoms with Gasteiger partial charge in [-0.3, -0.25) is 4.79 Å². The fraction of sp³-hybridized carbons (Fsp3) is 0.615. The molecule has 2 heterocycles. The van der Waals surface area contributed by atoms with Crippen molar-refractivity contribution in [3.05, 3.63) is 18.0 Å². The summed E-state index contributed by atoms with van der Waals surface area (Å²) in [6.45, 7) is 2.37. The van der Waals surface area contributed by atoms with Crippen LogP contribution in [0.3, 0.4) is 0 Å². The summed E-state index contributed by atoms with van der Waals surface area (Å²) in [5.74, 6) is 0.297.